The zero-order valence-electron chi connectivity index (χ0n) is 10.3. The van der Waals surface area contributed by atoms with E-state index in [0.29, 0.717) is 11.2 Å². The minimum atomic E-state index is -0.898. The van der Waals surface area contributed by atoms with E-state index in [1.165, 1.54) is 11.0 Å². The first-order chi connectivity index (χ1) is 8.00. The Kier molecular flexibility index (Phi) is 5.78. The smallest absolute Gasteiger partial charge is 0.328 e. The number of hydrogen-bond acceptors (Lipinski definition) is 3. The van der Waals surface area contributed by atoms with Crippen LogP contribution in [0.5, 0.6) is 0 Å². The van der Waals surface area contributed by atoms with Crippen LogP contribution < -0.4 is 0 Å². The van der Waals surface area contributed by atoms with Crippen molar-refractivity contribution in [2.75, 3.05) is 0 Å². The lowest BCUT2D eigenvalue weighted by atomic mass is 10.2. The van der Waals surface area contributed by atoms with Crippen molar-refractivity contribution in [2.45, 2.75) is 31.8 Å². The number of thioether (sulfide) groups is 1. The normalized spacial score (nSPS) is 13.4. The number of thiophene rings is 1. The van der Waals surface area contributed by atoms with E-state index in [1.807, 2.05) is 23.2 Å². The van der Waals surface area contributed by atoms with Crippen molar-refractivity contribution >= 4 is 35.1 Å². The van der Waals surface area contributed by atoms with Crippen LogP contribution in [-0.2, 0) is 10.5 Å². The maximum absolute atomic E-state index is 10.5. The molecule has 0 radical (unpaired) electrons. The lowest BCUT2D eigenvalue weighted by Gasteiger charge is -2.14. The number of carboxylic acids is 1. The molecule has 1 atom stereocenters. The summed E-state index contributed by atoms with van der Waals surface area (Å²) in [6.07, 6.45) is 2.87. The quantitative estimate of drug-likeness (QED) is 0.790. The molecule has 1 aromatic heterocycles. The monoisotopic (exact) mass is 270 g/mol. The van der Waals surface area contributed by atoms with Crippen molar-refractivity contribution < 1.29 is 9.90 Å². The molecule has 17 heavy (non-hydrogen) atoms. The number of carbonyl (C=O) groups is 1. The van der Waals surface area contributed by atoms with Gasteiger partial charge < -0.3 is 5.11 Å². The van der Waals surface area contributed by atoms with Crippen LogP contribution >= 0.6 is 23.1 Å². The summed E-state index contributed by atoms with van der Waals surface area (Å²) in [5, 5.41) is 11.2. The molecule has 94 valence electrons. The molecule has 1 heterocycles. The van der Waals surface area contributed by atoms with Crippen LogP contribution in [0.1, 0.15) is 31.2 Å². The van der Waals surface area contributed by atoms with Crippen LogP contribution in [0.25, 0.3) is 6.08 Å². The van der Waals surface area contributed by atoms with Crippen molar-refractivity contribution in [1.82, 2.24) is 0 Å². The van der Waals surface area contributed by atoms with Crippen LogP contribution in [0.4, 0.5) is 0 Å². The summed E-state index contributed by atoms with van der Waals surface area (Å²) >= 11 is 3.61. The van der Waals surface area contributed by atoms with Gasteiger partial charge in [-0.15, -0.1) is 11.3 Å². The predicted octanol–water partition coefficient (Wildman–Crippen LogP) is 4.12. The summed E-state index contributed by atoms with van der Waals surface area (Å²) in [5.41, 5.74) is 1.03. The Morgan fingerprint density at radius 1 is 1.53 bits per heavy atom. The second-order valence-electron chi connectivity index (χ2n) is 4.23. The molecule has 1 aromatic rings. The first kappa shape index (κ1) is 14.3. The molecule has 1 N–H and O–H groups in total. The van der Waals surface area contributed by atoms with Gasteiger partial charge in [0.05, 0.1) is 0 Å². The molecular weight excluding hydrogens is 252 g/mol. The SMILES string of the molecule is CC(C)C(C)SCc1sccc1/C=C/C(=O)O. The fourth-order valence-electron chi connectivity index (χ4n) is 1.18. The van der Waals surface area contributed by atoms with Crippen LogP contribution in [0, 0.1) is 5.92 Å². The second-order valence-corrected chi connectivity index (χ2v) is 6.60. The number of rotatable bonds is 6. The Balaban J connectivity index is 2.60. The first-order valence-corrected chi connectivity index (χ1v) is 7.52. The lowest BCUT2D eigenvalue weighted by molar-refractivity contribution is -0.131. The molecule has 2 nitrogen and oxygen atoms in total. The van der Waals surface area contributed by atoms with Gasteiger partial charge in [0, 0.05) is 22.0 Å². The van der Waals surface area contributed by atoms with Gasteiger partial charge in [0.1, 0.15) is 0 Å². The molecule has 0 aliphatic heterocycles. The summed E-state index contributed by atoms with van der Waals surface area (Å²) in [6, 6.07) is 1.97. The number of carboxylic acid groups (broad SMARTS) is 1. The van der Waals surface area contributed by atoms with Crippen molar-refractivity contribution in [3.05, 3.63) is 28.0 Å². The van der Waals surface area contributed by atoms with Crippen LogP contribution in [0.15, 0.2) is 17.5 Å². The maximum Gasteiger partial charge on any atom is 0.328 e. The highest BCUT2D eigenvalue weighted by Crippen LogP contribution is 2.28. The van der Waals surface area contributed by atoms with Crippen molar-refractivity contribution in [1.29, 1.82) is 0 Å². The molecular formula is C13H18O2S2. The van der Waals surface area contributed by atoms with E-state index in [9.17, 15) is 4.79 Å². The number of aliphatic carboxylic acids is 1. The molecule has 4 heteroatoms. The average molecular weight is 270 g/mol. The molecule has 0 aromatic carbocycles. The largest absolute Gasteiger partial charge is 0.478 e. The maximum atomic E-state index is 10.5. The summed E-state index contributed by atoms with van der Waals surface area (Å²) in [7, 11) is 0. The van der Waals surface area contributed by atoms with Crippen molar-refractivity contribution in [3.63, 3.8) is 0 Å². The van der Waals surface area contributed by atoms with Crippen LogP contribution in [0.3, 0.4) is 0 Å². The molecule has 0 aliphatic rings. The van der Waals surface area contributed by atoms with Crippen LogP contribution in [0.2, 0.25) is 0 Å². The van der Waals surface area contributed by atoms with Crippen molar-refractivity contribution in [2.24, 2.45) is 5.92 Å². The third kappa shape index (κ3) is 4.96. The highest BCUT2D eigenvalue weighted by molar-refractivity contribution is 7.99. The van der Waals surface area contributed by atoms with Gasteiger partial charge in [-0.2, -0.15) is 11.8 Å². The van der Waals surface area contributed by atoms with E-state index in [4.69, 9.17) is 5.11 Å². The van der Waals surface area contributed by atoms with E-state index < -0.39 is 5.97 Å². The molecule has 0 spiro atoms. The summed E-state index contributed by atoms with van der Waals surface area (Å²) in [6.45, 7) is 6.67. The van der Waals surface area contributed by atoms with Gasteiger partial charge in [0.2, 0.25) is 0 Å². The molecule has 0 aliphatic carbocycles. The van der Waals surface area contributed by atoms with E-state index in [2.05, 4.69) is 20.8 Å². The molecule has 0 fully saturated rings. The fraction of sp³-hybridized carbons (Fsp3) is 0.462. The molecule has 0 bridgehead atoms. The average Bonchev–Trinajstić information content (AvgIpc) is 2.70. The summed E-state index contributed by atoms with van der Waals surface area (Å²) < 4.78 is 0. The van der Waals surface area contributed by atoms with Gasteiger partial charge in [0.15, 0.2) is 0 Å². The van der Waals surface area contributed by atoms with Gasteiger partial charge in [-0.05, 0) is 29.0 Å². The predicted molar refractivity (Wildman–Crippen MR) is 76.6 cm³/mol. The Bertz CT molecular complexity index is 394. The van der Waals surface area contributed by atoms with E-state index in [0.717, 1.165) is 11.3 Å². The van der Waals surface area contributed by atoms with Gasteiger partial charge in [-0.25, -0.2) is 4.79 Å². The number of hydrogen-bond donors (Lipinski definition) is 1. The lowest BCUT2D eigenvalue weighted by Crippen LogP contribution is -2.05. The Morgan fingerprint density at radius 3 is 2.82 bits per heavy atom. The Labute approximate surface area is 111 Å². The van der Waals surface area contributed by atoms with E-state index in [1.54, 1.807) is 17.4 Å². The van der Waals surface area contributed by atoms with Crippen molar-refractivity contribution in [3.8, 4) is 0 Å². The molecule has 0 saturated heterocycles. The first-order valence-electron chi connectivity index (χ1n) is 5.59. The third-order valence-electron chi connectivity index (χ3n) is 2.60. The van der Waals surface area contributed by atoms with Gasteiger partial charge in [-0.3, -0.25) is 0 Å². The van der Waals surface area contributed by atoms with E-state index >= 15 is 0 Å². The molecule has 1 rings (SSSR count). The minimum Gasteiger partial charge on any atom is -0.478 e. The summed E-state index contributed by atoms with van der Waals surface area (Å²) in [4.78, 5) is 11.7. The van der Waals surface area contributed by atoms with Crippen LogP contribution in [-0.4, -0.2) is 16.3 Å². The van der Waals surface area contributed by atoms with Gasteiger partial charge in [0.25, 0.3) is 0 Å². The topological polar surface area (TPSA) is 37.3 Å². The van der Waals surface area contributed by atoms with Gasteiger partial charge in [-0.1, -0.05) is 20.8 Å². The molecule has 0 amide bonds. The fourth-order valence-corrected chi connectivity index (χ4v) is 3.27. The van der Waals surface area contributed by atoms with E-state index in [-0.39, 0.29) is 0 Å². The zero-order valence-corrected chi connectivity index (χ0v) is 12.0. The Morgan fingerprint density at radius 2 is 2.24 bits per heavy atom. The zero-order chi connectivity index (χ0) is 12.8. The molecule has 0 saturated carbocycles. The molecule has 1 unspecified atom stereocenters. The standard InChI is InChI=1S/C13H18O2S2/c1-9(2)10(3)17-8-12-11(6-7-16-12)4-5-13(14)15/h4-7,9-10H,8H2,1-3H3,(H,14,15)/b5-4+. The minimum absolute atomic E-state index is 0.619. The second kappa shape index (κ2) is 6.87. The highest BCUT2D eigenvalue weighted by Gasteiger charge is 2.09. The highest BCUT2D eigenvalue weighted by atomic mass is 32.2. The van der Waals surface area contributed by atoms with Gasteiger partial charge >= 0.3 is 5.97 Å². The Hall–Kier alpha value is -0.740. The third-order valence-corrected chi connectivity index (χ3v) is 5.25. The summed E-state index contributed by atoms with van der Waals surface area (Å²) in [5.74, 6) is 0.722.